The number of hydrogen-bond donors (Lipinski definition) is 2. The minimum atomic E-state index is -4.50. The number of aromatic nitrogens is 2. The normalized spacial score (nSPS) is 16.9. The largest absolute Gasteiger partial charge is 0.468 e. The van der Waals surface area contributed by atoms with E-state index in [0.29, 0.717) is 19.0 Å². The lowest BCUT2D eigenvalue weighted by molar-refractivity contribution is -0.142. The van der Waals surface area contributed by atoms with Crippen molar-refractivity contribution < 1.29 is 17.6 Å². The summed E-state index contributed by atoms with van der Waals surface area (Å²) in [5, 5.41) is 9.87. The summed E-state index contributed by atoms with van der Waals surface area (Å²) in [6.45, 7) is 4.91. The molecule has 0 bridgehead atoms. The number of rotatable bonds is 7. The van der Waals surface area contributed by atoms with Gasteiger partial charge in [-0.05, 0) is 45.0 Å². The van der Waals surface area contributed by atoms with Crippen LogP contribution < -0.4 is 10.6 Å². The molecule has 1 atom stereocenters. The number of likely N-dealkylation sites (tertiary alicyclic amines) is 1. The average molecular weight is 412 g/mol. The molecule has 1 unspecified atom stereocenters. The molecule has 1 aliphatic heterocycles. The van der Waals surface area contributed by atoms with E-state index in [1.54, 1.807) is 6.26 Å². The van der Waals surface area contributed by atoms with Gasteiger partial charge in [0.2, 0.25) is 0 Å². The predicted octanol–water partition coefficient (Wildman–Crippen LogP) is 2.92. The van der Waals surface area contributed by atoms with Gasteiger partial charge in [-0.25, -0.2) is 4.99 Å². The minimum Gasteiger partial charge on any atom is -0.468 e. The summed E-state index contributed by atoms with van der Waals surface area (Å²) in [6.07, 6.45) is 0.793. The fourth-order valence-corrected chi connectivity index (χ4v) is 3.54. The van der Waals surface area contributed by atoms with Gasteiger partial charge in [-0.1, -0.05) is 0 Å². The molecule has 0 amide bonds. The number of aliphatic imine (C=N–C) groups is 1. The maximum Gasteiger partial charge on any atom is 0.435 e. The lowest BCUT2D eigenvalue weighted by Gasteiger charge is -2.26. The molecule has 3 rings (SSSR count). The summed E-state index contributed by atoms with van der Waals surface area (Å²) < 4.78 is 46.2. The maximum absolute atomic E-state index is 13.1. The highest BCUT2D eigenvalue weighted by Crippen LogP contribution is 2.31. The number of halogens is 3. The molecule has 0 aliphatic carbocycles. The summed E-state index contributed by atoms with van der Waals surface area (Å²) in [6, 6.07) is 3.85. The molecule has 0 aromatic carbocycles. The van der Waals surface area contributed by atoms with Crippen molar-refractivity contribution in [3.05, 3.63) is 41.6 Å². The molecule has 29 heavy (non-hydrogen) atoms. The van der Waals surface area contributed by atoms with Crippen molar-refractivity contribution in [2.45, 2.75) is 38.5 Å². The highest BCUT2D eigenvalue weighted by atomic mass is 19.4. The molecule has 2 N–H and O–H groups in total. The summed E-state index contributed by atoms with van der Waals surface area (Å²) in [5.74, 6) is 1.32. The van der Waals surface area contributed by atoms with E-state index >= 15 is 0 Å². The van der Waals surface area contributed by atoms with Crippen molar-refractivity contribution in [2.24, 2.45) is 12.0 Å². The third-order valence-electron chi connectivity index (χ3n) is 4.84. The Labute approximate surface area is 168 Å². The Morgan fingerprint density at radius 3 is 2.69 bits per heavy atom. The third kappa shape index (κ3) is 5.53. The van der Waals surface area contributed by atoms with Gasteiger partial charge < -0.3 is 15.1 Å². The fraction of sp³-hybridized carbons (Fsp3) is 0.579. The maximum atomic E-state index is 13.1. The molecule has 160 valence electrons. The zero-order chi connectivity index (χ0) is 20.9. The Balaban J connectivity index is 1.71. The van der Waals surface area contributed by atoms with Gasteiger partial charge in [0, 0.05) is 31.9 Å². The van der Waals surface area contributed by atoms with Gasteiger partial charge in [0.1, 0.15) is 5.76 Å². The Morgan fingerprint density at radius 1 is 1.31 bits per heavy atom. The monoisotopic (exact) mass is 412 g/mol. The van der Waals surface area contributed by atoms with E-state index < -0.39 is 11.9 Å². The summed E-state index contributed by atoms with van der Waals surface area (Å²) in [4.78, 5) is 6.69. The Bertz CT molecular complexity index is 793. The number of alkyl halides is 3. The van der Waals surface area contributed by atoms with Crippen molar-refractivity contribution >= 4 is 5.96 Å². The van der Waals surface area contributed by atoms with Crippen LogP contribution in [0, 0.1) is 0 Å². The van der Waals surface area contributed by atoms with Crippen LogP contribution >= 0.6 is 0 Å². The Morgan fingerprint density at radius 2 is 2.07 bits per heavy atom. The van der Waals surface area contributed by atoms with Gasteiger partial charge in [-0.15, -0.1) is 0 Å². The third-order valence-corrected chi connectivity index (χ3v) is 4.84. The van der Waals surface area contributed by atoms with E-state index in [1.165, 1.54) is 13.2 Å². The zero-order valence-electron chi connectivity index (χ0n) is 16.7. The van der Waals surface area contributed by atoms with E-state index in [1.807, 2.05) is 19.1 Å². The quantitative estimate of drug-likeness (QED) is 0.541. The van der Waals surface area contributed by atoms with Gasteiger partial charge in [0.15, 0.2) is 11.7 Å². The second-order valence-electron chi connectivity index (χ2n) is 7.02. The highest BCUT2D eigenvalue weighted by Gasteiger charge is 2.36. The molecule has 2 aromatic rings. The Kier molecular flexibility index (Phi) is 6.83. The number of furan rings is 1. The summed E-state index contributed by atoms with van der Waals surface area (Å²) >= 11 is 0. The van der Waals surface area contributed by atoms with Crippen LogP contribution in [0.4, 0.5) is 13.2 Å². The van der Waals surface area contributed by atoms with E-state index in [4.69, 9.17) is 4.42 Å². The topological polar surface area (TPSA) is 70.6 Å². The van der Waals surface area contributed by atoms with Gasteiger partial charge in [-0.2, -0.15) is 18.3 Å². The van der Waals surface area contributed by atoms with Gasteiger partial charge in [0.05, 0.1) is 18.8 Å². The molecule has 2 aromatic heterocycles. The second-order valence-corrected chi connectivity index (χ2v) is 7.02. The molecule has 1 saturated heterocycles. The lowest BCUT2D eigenvalue weighted by atomic mass is 10.2. The lowest BCUT2D eigenvalue weighted by Crippen LogP contribution is -2.42. The predicted molar refractivity (Wildman–Crippen MR) is 103 cm³/mol. The zero-order valence-corrected chi connectivity index (χ0v) is 16.7. The molecule has 0 radical (unpaired) electrons. The Hall–Kier alpha value is -2.49. The first-order valence-corrected chi connectivity index (χ1v) is 9.77. The van der Waals surface area contributed by atoms with Crippen LogP contribution in [0.2, 0.25) is 0 Å². The first-order chi connectivity index (χ1) is 13.9. The molecule has 0 spiro atoms. The van der Waals surface area contributed by atoms with Crippen LogP contribution in [-0.2, 0) is 19.8 Å². The fourth-order valence-electron chi connectivity index (χ4n) is 3.54. The molecule has 3 heterocycles. The number of nitrogens with zero attached hydrogens (tertiary/aromatic N) is 4. The van der Waals surface area contributed by atoms with Crippen molar-refractivity contribution in [3.8, 4) is 0 Å². The molecule has 10 heteroatoms. The molecule has 1 fully saturated rings. The summed E-state index contributed by atoms with van der Waals surface area (Å²) in [5.41, 5.74) is -0.857. The second kappa shape index (κ2) is 9.34. The van der Waals surface area contributed by atoms with Crippen LogP contribution in [0.15, 0.2) is 34.0 Å². The van der Waals surface area contributed by atoms with Crippen LogP contribution in [0.25, 0.3) is 0 Å². The van der Waals surface area contributed by atoms with Gasteiger partial charge in [0.25, 0.3) is 0 Å². The van der Waals surface area contributed by atoms with Crippen molar-refractivity contribution in [2.75, 3.05) is 26.2 Å². The van der Waals surface area contributed by atoms with E-state index in [9.17, 15) is 13.2 Å². The van der Waals surface area contributed by atoms with E-state index in [0.717, 1.165) is 36.4 Å². The van der Waals surface area contributed by atoms with E-state index in [-0.39, 0.29) is 18.2 Å². The SMILES string of the molecule is CCNC(=NCc1cn(C)nc1C(F)(F)F)NCC(c1ccco1)N1CCCC1. The minimum absolute atomic E-state index is 0.0410. The van der Waals surface area contributed by atoms with Crippen LogP contribution in [-0.4, -0.2) is 46.8 Å². The molecular formula is C19H27F3N6O. The molecule has 7 nitrogen and oxygen atoms in total. The average Bonchev–Trinajstić information content (AvgIpc) is 3.41. The van der Waals surface area contributed by atoms with Gasteiger partial charge >= 0.3 is 6.18 Å². The molecule has 1 aliphatic rings. The number of aryl methyl sites for hydroxylation is 1. The van der Waals surface area contributed by atoms with E-state index in [2.05, 4.69) is 25.6 Å². The highest BCUT2D eigenvalue weighted by molar-refractivity contribution is 5.79. The van der Waals surface area contributed by atoms with Gasteiger partial charge in [-0.3, -0.25) is 9.58 Å². The molecule has 0 saturated carbocycles. The smallest absolute Gasteiger partial charge is 0.435 e. The van der Waals surface area contributed by atoms with Crippen molar-refractivity contribution in [3.63, 3.8) is 0 Å². The number of nitrogens with one attached hydrogen (secondary N) is 2. The standard InChI is InChI=1S/C19H27F3N6O/c1-3-23-18(24-11-14-13-27(2)26-17(14)19(20,21)22)25-12-15(16-7-6-10-29-16)28-8-4-5-9-28/h6-7,10,13,15H,3-5,8-9,11-12H2,1-2H3,(H2,23,24,25). The van der Waals surface area contributed by atoms with Crippen molar-refractivity contribution in [1.82, 2.24) is 25.3 Å². The molecular weight excluding hydrogens is 385 g/mol. The summed E-state index contributed by atoms with van der Waals surface area (Å²) in [7, 11) is 1.47. The number of hydrogen-bond acceptors (Lipinski definition) is 4. The number of guanidine groups is 1. The van der Waals surface area contributed by atoms with Crippen LogP contribution in [0.3, 0.4) is 0 Å². The van der Waals surface area contributed by atoms with Crippen LogP contribution in [0.1, 0.15) is 42.8 Å². The first kappa shape index (κ1) is 21.2. The van der Waals surface area contributed by atoms with Crippen molar-refractivity contribution in [1.29, 1.82) is 0 Å². The first-order valence-electron chi connectivity index (χ1n) is 9.77. The van der Waals surface area contributed by atoms with Crippen LogP contribution in [0.5, 0.6) is 0 Å².